The van der Waals surface area contributed by atoms with Crippen LogP contribution in [0.4, 0.5) is 123 Å². The summed E-state index contributed by atoms with van der Waals surface area (Å²) in [6, 6.07) is 20.5. The van der Waals surface area contributed by atoms with Crippen LogP contribution in [0.2, 0.25) is 0 Å². The van der Waals surface area contributed by atoms with Crippen molar-refractivity contribution in [1.29, 1.82) is 0 Å². The van der Waals surface area contributed by atoms with Crippen LogP contribution in [0.15, 0.2) is 128 Å². The second-order valence-electron chi connectivity index (χ2n) is 31.1. The van der Waals surface area contributed by atoms with Crippen LogP contribution >= 0.6 is 0 Å². The number of fused-ring (bicyclic) bond motifs is 17. The average molecular weight is 1690 g/mol. The molecular weight excluding hydrogens is 1610 g/mol. The number of halogens is 8. The summed E-state index contributed by atoms with van der Waals surface area (Å²) < 4.78 is 104. The molecule has 4 saturated heterocycles. The van der Waals surface area contributed by atoms with Gasteiger partial charge in [-0.05, 0) is 136 Å². The number of amides is 9. The summed E-state index contributed by atoms with van der Waals surface area (Å²) in [7, 11) is 0. The Kier molecular flexibility index (Phi) is 22.8. The quantitative estimate of drug-likeness (QED) is 0.0310. The van der Waals surface area contributed by atoms with E-state index in [0.717, 1.165) is 62.4 Å². The summed E-state index contributed by atoms with van der Waals surface area (Å²) >= 11 is 0. The van der Waals surface area contributed by atoms with Gasteiger partial charge < -0.3 is 41.1 Å². The lowest BCUT2D eigenvalue weighted by Crippen LogP contribution is -2.49. The van der Waals surface area contributed by atoms with Gasteiger partial charge in [-0.15, -0.1) is 0 Å². The molecule has 17 heterocycles. The minimum absolute atomic E-state index is 0.0375. The van der Waals surface area contributed by atoms with Gasteiger partial charge in [0.05, 0.1) is 82.9 Å². The number of nitrogens with two attached hydrogens (primary N) is 1. The molecular formula is C80H81F8N25O9. The number of urea groups is 4. The summed E-state index contributed by atoms with van der Waals surface area (Å²) in [4.78, 5) is 155. The molecule has 0 spiro atoms. The van der Waals surface area contributed by atoms with Gasteiger partial charge >= 0.3 is 36.5 Å². The number of Topliss-reactive ketones (excluding diaryl/α,β-unsaturated/α-hetero) is 3. The van der Waals surface area contributed by atoms with Crippen molar-refractivity contribution >= 4 is 128 Å². The molecule has 0 unspecified atom stereocenters. The van der Waals surface area contributed by atoms with Crippen LogP contribution in [0, 0.1) is 24.7 Å². The minimum atomic E-state index is -4.81. The Balaban J connectivity index is 0.000000121. The zero-order chi connectivity index (χ0) is 85.6. The average Bonchev–Trinajstić information content (AvgIpc) is 1.57. The number of carbonyl (C=O) groups excluding carboxylic acids is 8. The van der Waals surface area contributed by atoms with Crippen LogP contribution in [-0.4, -0.2) is 222 Å². The number of aromatic amines is 1. The number of ketones is 3. The molecule has 2 saturated carbocycles. The lowest BCUT2D eigenvalue weighted by atomic mass is 10.00. The molecule has 6 fully saturated rings. The third-order valence-electron chi connectivity index (χ3n) is 22.8. The first-order valence-corrected chi connectivity index (χ1v) is 39.6. The zero-order valence-electron chi connectivity index (χ0n) is 65.2. The van der Waals surface area contributed by atoms with Crippen LogP contribution in [-0.2, 0) is 0 Å². The first kappa shape index (κ1) is 82.4. The molecule has 9 amide bonds. The molecule has 9 aromatic rings. The van der Waals surface area contributed by atoms with Crippen LogP contribution in [0.5, 0.6) is 0 Å². The number of aryl methyl sites for hydroxylation is 1. The van der Waals surface area contributed by atoms with Crippen molar-refractivity contribution in [3.05, 3.63) is 157 Å². The van der Waals surface area contributed by atoms with Crippen molar-refractivity contribution in [3.8, 4) is 0 Å². The van der Waals surface area contributed by atoms with E-state index in [1.165, 1.54) is 40.5 Å². The number of nitrogens with zero attached hydrogens (tertiary/aromatic N) is 18. The Bertz CT molecular complexity index is 5350. The fourth-order valence-corrected chi connectivity index (χ4v) is 16.1. The Labute approximate surface area is 689 Å². The maximum absolute atomic E-state index is 13.4. The van der Waals surface area contributed by atoms with Crippen molar-refractivity contribution < 1.29 is 78.6 Å². The van der Waals surface area contributed by atoms with Gasteiger partial charge in [0.25, 0.3) is 11.8 Å². The van der Waals surface area contributed by atoms with Crippen LogP contribution < -0.4 is 71.5 Å². The SMILES string of the molecule is Cc1ccc2c(NC(=O)N3c4nc(C(=O)C[C@@H]5CC5(F)F)ccc4N4CC[C@H]3C4)n[nH]c2n1.NC[C@H](CC(=O)c1ccc2c(n1)N(C(=O)Nc1ccccn1)[C@H]1CCN2C1)C(F)(F)F.O=C(CC1CC1)c1ccc2c(n1)N(C(=O)Nc1cnccn1)[C@H]1CCN2C1.O=C(N[C@@H](CO)C(F)(F)F)c1ccc2c(n1)N(C(=O)Nc1cccnc1)[C@H]1CCN2C1. The van der Waals surface area contributed by atoms with Gasteiger partial charge in [-0.3, -0.25) is 69.8 Å². The molecule has 10 aliphatic rings. The lowest BCUT2D eigenvalue weighted by molar-refractivity contribution is -0.170. The highest BCUT2D eigenvalue weighted by Gasteiger charge is 2.57. The van der Waals surface area contributed by atoms with Gasteiger partial charge in [0.15, 0.2) is 57.9 Å². The van der Waals surface area contributed by atoms with E-state index in [0.29, 0.717) is 121 Å². The predicted octanol–water partition coefficient (Wildman–Crippen LogP) is 10.6. The largest absolute Gasteiger partial charge is 0.410 e. The number of rotatable bonds is 17. The van der Waals surface area contributed by atoms with Crippen molar-refractivity contribution in [2.45, 2.75) is 120 Å². The molecule has 0 radical (unpaired) electrons. The third kappa shape index (κ3) is 17.5. The number of carbonyl (C=O) groups is 8. The molecule has 122 heavy (non-hydrogen) atoms. The van der Waals surface area contributed by atoms with Crippen molar-refractivity contribution in [3.63, 3.8) is 0 Å². The molecule has 34 nitrogen and oxygen atoms in total. The van der Waals surface area contributed by atoms with E-state index < -0.39 is 91.3 Å². The number of hydrogen-bond donors (Lipinski definition) is 8. The second-order valence-corrected chi connectivity index (χ2v) is 31.1. The Morgan fingerprint density at radius 2 is 1.01 bits per heavy atom. The molecule has 7 atom stereocenters. The smallest absolute Gasteiger partial charge is 0.394 e. The molecule has 636 valence electrons. The Morgan fingerprint density at radius 1 is 0.525 bits per heavy atom. The molecule has 9 N–H and O–H groups in total. The number of nitrogens with one attached hydrogen (secondary N) is 6. The van der Waals surface area contributed by atoms with E-state index in [-0.39, 0.29) is 77.5 Å². The molecule has 2 aliphatic carbocycles. The van der Waals surface area contributed by atoms with Gasteiger partial charge in [-0.2, -0.15) is 31.4 Å². The number of aliphatic hydroxyl groups is 1. The summed E-state index contributed by atoms with van der Waals surface area (Å²) in [6.45, 7) is 5.55. The maximum atomic E-state index is 13.4. The summed E-state index contributed by atoms with van der Waals surface area (Å²) in [6.07, 6.45) is 4.30. The topological polar surface area (TPSA) is 414 Å². The fraction of sp³-hybridized carbons (Fsp3) is 0.400. The highest BCUT2D eigenvalue weighted by molar-refractivity contribution is 6.10. The van der Waals surface area contributed by atoms with Crippen molar-refractivity contribution in [2.75, 3.05) is 126 Å². The maximum Gasteiger partial charge on any atom is 0.410 e. The van der Waals surface area contributed by atoms with Crippen LogP contribution in [0.3, 0.4) is 0 Å². The molecule has 8 bridgehead atoms. The first-order valence-electron chi connectivity index (χ1n) is 39.6. The molecule has 9 aromatic heterocycles. The monoisotopic (exact) mass is 1690 g/mol. The summed E-state index contributed by atoms with van der Waals surface area (Å²) in [5, 5.41) is 29.5. The number of aliphatic hydroxyl groups excluding tert-OH is 1. The number of anilines is 12. The second kappa shape index (κ2) is 33.7. The molecule has 8 aliphatic heterocycles. The highest BCUT2D eigenvalue weighted by atomic mass is 19.4. The van der Waals surface area contributed by atoms with Crippen molar-refractivity contribution in [1.82, 2.24) is 60.4 Å². The van der Waals surface area contributed by atoms with E-state index in [1.807, 2.05) is 34.9 Å². The van der Waals surface area contributed by atoms with Crippen LogP contribution in [0.25, 0.3) is 11.0 Å². The van der Waals surface area contributed by atoms with Gasteiger partial charge in [0, 0.05) is 121 Å². The van der Waals surface area contributed by atoms with Gasteiger partial charge in [0.2, 0.25) is 0 Å². The minimum Gasteiger partial charge on any atom is -0.394 e. The molecule has 19 rings (SSSR count). The Morgan fingerprint density at radius 3 is 1.47 bits per heavy atom. The number of alkyl halides is 8. The molecule has 0 aromatic carbocycles. The van der Waals surface area contributed by atoms with E-state index >= 15 is 0 Å². The fourth-order valence-electron chi connectivity index (χ4n) is 16.1. The van der Waals surface area contributed by atoms with E-state index in [9.17, 15) is 73.5 Å². The van der Waals surface area contributed by atoms with Gasteiger partial charge in [-0.25, -0.2) is 62.8 Å². The third-order valence-corrected chi connectivity index (χ3v) is 22.8. The van der Waals surface area contributed by atoms with Crippen molar-refractivity contribution in [2.24, 2.45) is 23.5 Å². The lowest BCUT2D eigenvalue weighted by Gasteiger charge is -2.35. The van der Waals surface area contributed by atoms with Crippen LogP contribution in [0.1, 0.15) is 112 Å². The normalized spacial score (nSPS) is 19.9. The van der Waals surface area contributed by atoms with E-state index in [4.69, 9.17) is 10.8 Å². The molecule has 42 heteroatoms. The van der Waals surface area contributed by atoms with E-state index in [1.54, 1.807) is 94.4 Å². The summed E-state index contributed by atoms with van der Waals surface area (Å²) in [5.41, 5.74) is 10.1. The number of hydrogen-bond acceptors (Lipinski definition) is 24. The predicted molar refractivity (Wildman–Crippen MR) is 430 cm³/mol. The van der Waals surface area contributed by atoms with Gasteiger partial charge in [-0.1, -0.05) is 6.07 Å². The standard InChI is InChI=1S/C22H21F2N7O2.C20H21F3N6O2.C19H19F3N6O3.C19H20N6O2/c1-11-2-3-14-18(25-11)28-29-19(14)27-21(33)31-13-6-7-30(10-13)16-5-4-15(26-20(16)31)17(32)8-12-9-22(12,23)24;21-20(22,23)12(10-24)9-16(30)14-4-5-15-18(26-14)29(13-6-8-28(15)11-13)19(31)27-17-3-1-2-7-25-17;20-19(21,22)15(10-29)26-17(30)13-3-4-14-16(25-13)28(12-5-7-27(14)9-12)18(31)24-11-2-1-6-23-8-11;26-16(9-12-1-2-12)14-3-4-15-18(22-14)25(13-5-8-24(15)11-13)19(27)23-17-10-20-6-7-21-17/h2-5,12-13H,6-10H2,1H3,(H2,25,27,28,29,33);1-5,7,12-13H,6,8-11,24H2,(H,25,27,31);1-4,6,8,12,15,29H,5,7,9-10H2,(H,24,31)(H,26,30);3-4,6-7,10,12-13H,1-2,5,8-9,11H2,(H,21,23,27)/t12-,13+;12-,13-;12-,15-;13-/m1000/s1. The highest BCUT2D eigenvalue weighted by Crippen LogP contribution is 2.52. The zero-order valence-corrected chi connectivity index (χ0v) is 65.2. The van der Waals surface area contributed by atoms with Gasteiger partial charge in [0.1, 0.15) is 34.6 Å². The first-order chi connectivity index (χ1) is 58.5. The summed E-state index contributed by atoms with van der Waals surface area (Å²) in [5.74, 6) is -4.89. The number of pyridine rings is 7. The number of H-pyrrole nitrogens is 1. The Hall–Kier alpha value is -13.3. The van der Waals surface area contributed by atoms with E-state index in [2.05, 4.69) is 86.1 Å². The number of aromatic nitrogens is 11.